The van der Waals surface area contributed by atoms with Crippen LogP contribution in [0.3, 0.4) is 0 Å². The number of hydrogen-bond donors (Lipinski definition) is 2. The maximum Gasteiger partial charge on any atom is 0.269 e. The highest BCUT2D eigenvalue weighted by atomic mass is 32.2. The van der Waals surface area contributed by atoms with Gasteiger partial charge in [-0.25, -0.2) is 13.1 Å². The van der Waals surface area contributed by atoms with Gasteiger partial charge in [-0.05, 0) is 11.8 Å². The van der Waals surface area contributed by atoms with Crippen LogP contribution >= 0.6 is 11.3 Å². The molecule has 0 saturated carbocycles. The number of nitrogen functional groups attached to an aromatic ring is 1. The zero-order chi connectivity index (χ0) is 12.4. The number of hydrogen-bond acceptors (Lipinski definition) is 6. The van der Waals surface area contributed by atoms with E-state index in [1.165, 1.54) is 0 Å². The van der Waals surface area contributed by atoms with Gasteiger partial charge in [-0.3, -0.25) is 0 Å². The van der Waals surface area contributed by atoms with Gasteiger partial charge in [0.1, 0.15) is 0 Å². The lowest BCUT2D eigenvalue weighted by atomic mass is 9.91. The molecule has 92 valence electrons. The molecular weight excluding hydrogens is 248 g/mol. The topological polar surface area (TPSA) is 98.0 Å². The highest BCUT2D eigenvalue weighted by molar-refractivity contribution is 7.91. The summed E-state index contributed by atoms with van der Waals surface area (Å²) in [4.78, 5) is 0. The van der Waals surface area contributed by atoms with E-state index in [4.69, 9.17) is 5.73 Å². The third-order valence-electron chi connectivity index (χ3n) is 2.35. The van der Waals surface area contributed by atoms with Crippen LogP contribution in [-0.2, 0) is 10.0 Å². The SMILES string of the molecule is CCC(C)(C)CNS(=O)(=O)c1nnc(N)s1. The third-order valence-corrected chi connectivity index (χ3v) is 4.87. The Morgan fingerprint density at radius 1 is 1.44 bits per heavy atom. The molecule has 0 amide bonds. The van der Waals surface area contributed by atoms with Gasteiger partial charge < -0.3 is 5.73 Å². The first-order valence-corrected chi connectivity index (χ1v) is 7.15. The van der Waals surface area contributed by atoms with E-state index in [0.717, 1.165) is 17.8 Å². The number of anilines is 1. The third kappa shape index (κ3) is 3.39. The van der Waals surface area contributed by atoms with E-state index in [1.54, 1.807) is 0 Å². The van der Waals surface area contributed by atoms with Gasteiger partial charge in [0.25, 0.3) is 10.0 Å². The molecule has 1 aromatic rings. The maximum absolute atomic E-state index is 11.7. The number of nitrogens with one attached hydrogen (secondary N) is 1. The Balaban J connectivity index is 2.74. The second-order valence-electron chi connectivity index (χ2n) is 4.25. The van der Waals surface area contributed by atoms with Crippen LogP contribution in [0.25, 0.3) is 0 Å². The van der Waals surface area contributed by atoms with Gasteiger partial charge in [0.2, 0.25) is 9.47 Å². The predicted octanol–water partition coefficient (Wildman–Crippen LogP) is 0.835. The summed E-state index contributed by atoms with van der Waals surface area (Å²) in [6, 6.07) is 0. The first-order valence-electron chi connectivity index (χ1n) is 4.85. The monoisotopic (exact) mass is 264 g/mol. The normalized spacial score (nSPS) is 12.9. The first kappa shape index (κ1) is 13.3. The fourth-order valence-electron chi connectivity index (χ4n) is 0.806. The number of aromatic nitrogens is 2. The van der Waals surface area contributed by atoms with Crippen molar-refractivity contribution in [1.82, 2.24) is 14.9 Å². The van der Waals surface area contributed by atoms with Gasteiger partial charge in [-0.1, -0.05) is 32.1 Å². The molecule has 6 nitrogen and oxygen atoms in total. The smallest absolute Gasteiger partial charge is 0.269 e. The molecule has 1 heterocycles. The zero-order valence-corrected chi connectivity index (χ0v) is 11.2. The summed E-state index contributed by atoms with van der Waals surface area (Å²) >= 11 is 0.858. The second kappa shape index (κ2) is 4.64. The standard InChI is InChI=1S/C8H16N4O2S2/c1-4-8(2,3)5-10-16(13,14)7-12-11-6(9)15-7/h10H,4-5H2,1-3H3,(H2,9,11). The Kier molecular flexibility index (Phi) is 3.87. The van der Waals surface area contributed by atoms with E-state index in [9.17, 15) is 8.42 Å². The van der Waals surface area contributed by atoms with Crippen molar-refractivity contribution in [1.29, 1.82) is 0 Å². The maximum atomic E-state index is 11.7. The second-order valence-corrected chi connectivity index (χ2v) is 7.20. The Bertz CT molecular complexity index is 452. The molecule has 0 aromatic carbocycles. The van der Waals surface area contributed by atoms with Crippen LogP contribution in [-0.4, -0.2) is 25.2 Å². The molecule has 1 aromatic heterocycles. The van der Waals surface area contributed by atoms with Gasteiger partial charge in [0, 0.05) is 6.54 Å². The van der Waals surface area contributed by atoms with Crippen LogP contribution < -0.4 is 10.5 Å². The Morgan fingerprint density at radius 2 is 2.06 bits per heavy atom. The summed E-state index contributed by atoms with van der Waals surface area (Å²) in [5, 5.41) is 7.13. The Labute approximate surface area is 99.3 Å². The van der Waals surface area contributed by atoms with Gasteiger partial charge in [0.15, 0.2) is 0 Å². The van der Waals surface area contributed by atoms with Crippen molar-refractivity contribution in [3.8, 4) is 0 Å². The first-order chi connectivity index (χ1) is 7.27. The van der Waals surface area contributed by atoms with Crippen LogP contribution in [0.2, 0.25) is 0 Å². The summed E-state index contributed by atoms with van der Waals surface area (Å²) in [5.74, 6) is 0. The summed E-state index contributed by atoms with van der Waals surface area (Å²) in [6.07, 6.45) is 0.883. The van der Waals surface area contributed by atoms with Crippen molar-refractivity contribution in [2.24, 2.45) is 5.41 Å². The summed E-state index contributed by atoms with van der Waals surface area (Å²) in [5.41, 5.74) is 5.26. The molecule has 0 aliphatic rings. The van der Waals surface area contributed by atoms with Crippen molar-refractivity contribution < 1.29 is 8.42 Å². The van der Waals surface area contributed by atoms with E-state index < -0.39 is 10.0 Å². The molecule has 16 heavy (non-hydrogen) atoms. The van der Waals surface area contributed by atoms with Gasteiger partial charge in [-0.2, -0.15) is 0 Å². The van der Waals surface area contributed by atoms with E-state index >= 15 is 0 Å². The van der Waals surface area contributed by atoms with Crippen LogP contribution in [0.15, 0.2) is 4.34 Å². The molecule has 0 aliphatic heterocycles. The van der Waals surface area contributed by atoms with E-state index in [0.29, 0.717) is 6.54 Å². The van der Waals surface area contributed by atoms with Crippen molar-refractivity contribution >= 4 is 26.5 Å². The fourth-order valence-corrected chi connectivity index (χ4v) is 2.87. The van der Waals surface area contributed by atoms with Crippen LogP contribution in [0.1, 0.15) is 27.2 Å². The van der Waals surface area contributed by atoms with Crippen LogP contribution in [0, 0.1) is 5.41 Å². The number of rotatable bonds is 5. The Morgan fingerprint density at radius 3 is 2.50 bits per heavy atom. The molecule has 0 fully saturated rings. The van der Waals surface area contributed by atoms with Crippen molar-refractivity contribution in [2.45, 2.75) is 31.5 Å². The molecule has 0 unspecified atom stereocenters. The van der Waals surface area contributed by atoms with Gasteiger partial charge in [-0.15, -0.1) is 10.2 Å². The lowest BCUT2D eigenvalue weighted by Crippen LogP contribution is -2.33. The fraction of sp³-hybridized carbons (Fsp3) is 0.750. The minimum absolute atomic E-state index is 0.0801. The minimum atomic E-state index is -3.57. The largest absolute Gasteiger partial charge is 0.374 e. The lowest BCUT2D eigenvalue weighted by molar-refractivity contribution is 0.350. The zero-order valence-electron chi connectivity index (χ0n) is 9.52. The van der Waals surface area contributed by atoms with E-state index in [-0.39, 0.29) is 14.9 Å². The van der Waals surface area contributed by atoms with Gasteiger partial charge >= 0.3 is 0 Å². The molecule has 0 atom stereocenters. The van der Waals surface area contributed by atoms with Crippen LogP contribution in [0.5, 0.6) is 0 Å². The molecule has 1 rings (SSSR count). The lowest BCUT2D eigenvalue weighted by Gasteiger charge is -2.22. The molecular formula is C8H16N4O2S2. The molecule has 0 spiro atoms. The van der Waals surface area contributed by atoms with E-state index in [1.807, 2.05) is 20.8 Å². The highest BCUT2D eigenvalue weighted by Gasteiger charge is 2.23. The van der Waals surface area contributed by atoms with Gasteiger partial charge in [0.05, 0.1) is 0 Å². The van der Waals surface area contributed by atoms with Crippen LogP contribution in [0.4, 0.5) is 5.13 Å². The van der Waals surface area contributed by atoms with Crippen molar-refractivity contribution in [3.05, 3.63) is 0 Å². The highest BCUT2D eigenvalue weighted by Crippen LogP contribution is 2.21. The average molecular weight is 264 g/mol. The predicted molar refractivity (Wildman–Crippen MR) is 63.6 cm³/mol. The summed E-state index contributed by atoms with van der Waals surface area (Å²) in [7, 11) is -3.57. The number of nitrogens with zero attached hydrogens (tertiary/aromatic N) is 2. The molecule has 0 radical (unpaired) electrons. The number of sulfonamides is 1. The van der Waals surface area contributed by atoms with Crippen molar-refractivity contribution in [3.63, 3.8) is 0 Å². The molecule has 3 N–H and O–H groups in total. The number of nitrogens with two attached hydrogens (primary N) is 1. The Hall–Kier alpha value is -0.730. The summed E-state index contributed by atoms with van der Waals surface area (Å²) in [6.45, 7) is 6.36. The van der Waals surface area contributed by atoms with E-state index in [2.05, 4.69) is 14.9 Å². The molecule has 0 bridgehead atoms. The molecule has 0 saturated heterocycles. The van der Waals surface area contributed by atoms with Crippen molar-refractivity contribution in [2.75, 3.05) is 12.3 Å². The summed E-state index contributed by atoms with van der Waals surface area (Å²) < 4.78 is 25.9. The molecule has 8 heteroatoms. The average Bonchev–Trinajstić information content (AvgIpc) is 2.63. The quantitative estimate of drug-likeness (QED) is 0.821. The minimum Gasteiger partial charge on any atom is -0.374 e. The molecule has 0 aliphatic carbocycles.